The van der Waals surface area contributed by atoms with Crippen LogP contribution in [0.1, 0.15) is 34.6 Å². The van der Waals surface area contributed by atoms with Crippen LogP contribution >= 0.6 is 0 Å². The summed E-state index contributed by atoms with van der Waals surface area (Å²) in [5.74, 6) is -2.73. The average Bonchev–Trinajstić information content (AvgIpc) is 2.50. The van der Waals surface area contributed by atoms with E-state index in [1.807, 2.05) is 13.8 Å². The molecule has 0 aromatic heterocycles. The molecule has 0 aliphatic carbocycles. The van der Waals surface area contributed by atoms with Crippen molar-refractivity contribution in [3.8, 4) is 0 Å². The molecule has 0 unspecified atom stereocenters. The third-order valence-electron chi connectivity index (χ3n) is 3.01. The standard InChI is InChI=1S/C17H16F2N2O2/c1-10(2)20-16(22)11-3-5-12(6-4-11)17(23)21-13-7-8-14(18)15(19)9-13/h3-10H,1-2H3,(H,20,22)(H,21,23). The summed E-state index contributed by atoms with van der Waals surface area (Å²) in [4.78, 5) is 23.8. The third-order valence-corrected chi connectivity index (χ3v) is 3.01. The summed E-state index contributed by atoms with van der Waals surface area (Å²) < 4.78 is 26.0. The molecule has 120 valence electrons. The molecule has 0 spiro atoms. The summed E-state index contributed by atoms with van der Waals surface area (Å²) in [6.45, 7) is 3.70. The molecule has 0 heterocycles. The first-order valence-electron chi connectivity index (χ1n) is 7.04. The van der Waals surface area contributed by atoms with Crippen LogP contribution in [0.3, 0.4) is 0 Å². The second-order valence-corrected chi connectivity index (χ2v) is 5.29. The van der Waals surface area contributed by atoms with Gasteiger partial charge in [0.2, 0.25) is 0 Å². The van der Waals surface area contributed by atoms with Gasteiger partial charge in [-0.1, -0.05) is 0 Å². The van der Waals surface area contributed by atoms with Crippen LogP contribution in [0, 0.1) is 11.6 Å². The molecule has 0 aliphatic heterocycles. The summed E-state index contributed by atoms with van der Waals surface area (Å²) in [5.41, 5.74) is 0.884. The zero-order chi connectivity index (χ0) is 17.0. The first kappa shape index (κ1) is 16.6. The number of carbonyl (C=O) groups excluding carboxylic acids is 2. The topological polar surface area (TPSA) is 58.2 Å². The van der Waals surface area contributed by atoms with E-state index in [-0.39, 0.29) is 17.6 Å². The van der Waals surface area contributed by atoms with Crippen molar-refractivity contribution in [1.82, 2.24) is 5.32 Å². The Hall–Kier alpha value is -2.76. The van der Waals surface area contributed by atoms with Crippen LogP contribution in [-0.2, 0) is 0 Å². The second kappa shape index (κ2) is 7.00. The molecule has 2 rings (SSSR count). The molecule has 23 heavy (non-hydrogen) atoms. The van der Waals surface area contributed by atoms with E-state index in [2.05, 4.69) is 10.6 Å². The molecule has 2 amide bonds. The van der Waals surface area contributed by atoms with Gasteiger partial charge in [-0.05, 0) is 50.2 Å². The molecule has 4 nitrogen and oxygen atoms in total. The number of anilines is 1. The average molecular weight is 318 g/mol. The maximum Gasteiger partial charge on any atom is 0.255 e. The van der Waals surface area contributed by atoms with Gasteiger partial charge in [0.1, 0.15) is 0 Å². The lowest BCUT2D eigenvalue weighted by molar-refractivity contribution is 0.0941. The lowest BCUT2D eigenvalue weighted by atomic mass is 10.1. The summed E-state index contributed by atoms with van der Waals surface area (Å²) in [6.07, 6.45) is 0. The molecule has 0 saturated heterocycles. The van der Waals surface area contributed by atoms with Gasteiger partial charge in [-0.2, -0.15) is 0 Å². The Balaban J connectivity index is 2.08. The molecule has 0 atom stereocenters. The highest BCUT2D eigenvalue weighted by Crippen LogP contribution is 2.14. The van der Waals surface area contributed by atoms with Crippen LogP contribution in [0.15, 0.2) is 42.5 Å². The predicted octanol–water partition coefficient (Wildman–Crippen LogP) is 3.36. The second-order valence-electron chi connectivity index (χ2n) is 5.29. The predicted molar refractivity (Wildman–Crippen MR) is 83.4 cm³/mol. The monoisotopic (exact) mass is 318 g/mol. The summed E-state index contributed by atoms with van der Waals surface area (Å²) in [6, 6.07) is 9.15. The van der Waals surface area contributed by atoms with Gasteiger partial charge < -0.3 is 10.6 Å². The van der Waals surface area contributed by atoms with Crippen molar-refractivity contribution in [2.45, 2.75) is 19.9 Å². The summed E-state index contributed by atoms with van der Waals surface area (Å²) in [5, 5.41) is 5.20. The van der Waals surface area contributed by atoms with Crippen molar-refractivity contribution in [3.63, 3.8) is 0 Å². The van der Waals surface area contributed by atoms with Gasteiger partial charge in [0.15, 0.2) is 11.6 Å². The van der Waals surface area contributed by atoms with Gasteiger partial charge in [-0.25, -0.2) is 8.78 Å². The molecule has 6 heteroatoms. The summed E-state index contributed by atoms with van der Waals surface area (Å²) >= 11 is 0. The van der Waals surface area contributed by atoms with Crippen molar-refractivity contribution >= 4 is 17.5 Å². The normalized spacial score (nSPS) is 10.5. The molecule has 2 aromatic rings. The Labute approximate surface area is 132 Å². The molecular formula is C17H16F2N2O2. The lowest BCUT2D eigenvalue weighted by Crippen LogP contribution is -2.30. The largest absolute Gasteiger partial charge is 0.350 e. The quantitative estimate of drug-likeness (QED) is 0.908. The van der Waals surface area contributed by atoms with E-state index < -0.39 is 17.5 Å². The maximum atomic E-state index is 13.1. The minimum atomic E-state index is -1.04. The number of amides is 2. The molecule has 0 radical (unpaired) electrons. The van der Waals surface area contributed by atoms with Crippen molar-refractivity contribution in [3.05, 3.63) is 65.2 Å². The molecule has 0 aliphatic rings. The van der Waals surface area contributed by atoms with Crippen molar-refractivity contribution < 1.29 is 18.4 Å². The fraction of sp³-hybridized carbons (Fsp3) is 0.176. The fourth-order valence-electron chi connectivity index (χ4n) is 1.90. The first-order valence-corrected chi connectivity index (χ1v) is 7.04. The van der Waals surface area contributed by atoms with E-state index in [1.165, 1.54) is 30.3 Å². The Morgan fingerprint density at radius 2 is 1.43 bits per heavy atom. The van der Waals surface area contributed by atoms with Crippen LogP contribution in [0.2, 0.25) is 0 Å². The van der Waals surface area contributed by atoms with Gasteiger partial charge in [-0.3, -0.25) is 9.59 Å². The maximum absolute atomic E-state index is 13.1. The molecule has 0 bridgehead atoms. The minimum Gasteiger partial charge on any atom is -0.350 e. The Morgan fingerprint density at radius 3 is 1.96 bits per heavy atom. The van der Waals surface area contributed by atoms with Gasteiger partial charge in [0, 0.05) is 28.9 Å². The molecule has 2 N–H and O–H groups in total. The zero-order valence-electron chi connectivity index (χ0n) is 12.7. The first-order chi connectivity index (χ1) is 10.9. The van der Waals surface area contributed by atoms with E-state index in [4.69, 9.17) is 0 Å². The Morgan fingerprint density at radius 1 is 0.870 bits per heavy atom. The molecule has 0 fully saturated rings. The molecule has 2 aromatic carbocycles. The van der Waals surface area contributed by atoms with Gasteiger partial charge in [0.05, 0.1) is 0 Å². The zero-order valence-corrected chi connectivity index (χ0v) is 12.7. The van der Waals surface area contributed by atoms with Crippen molar-refractivity contribution in [1.29, 1.82) is 0 Å². The van der Waals surface area contributed by atoms with Crippen LogP contribution in [0.5, 0.6) is 0 Å². The fourth-order valence-corrected chi connectivity index (χ4v) is 1.90. The lowest BCUT2D eigenvalue weighted by Gasteiger charge is -2.09. The summed E-state index contributed by atoms with van der Waals surface area (Å²) in [7, 11) is 0. The number of rotatable bonds is 4. The number of benzene rings is 2. The molecular weight excluding hydrogens is 302 g/mol. The number of nitrogens with one attached hydrogen (secondary N) is 2. The van der Waals surface area contributed by atoms with Crippen molar-refractivity contribution in [2.24, 2.45) is 0 Å². The smallest absolute Gasteiger partial charge is 0.255 e. The van der Waals surface area contributed by atoms with Crippen molar-refractivity contribution in [2.75, 3.05) is 5.32 Å². The van der Waals surface area contributed by atoms with Gasteiger partial charge >= 0.3 is 0 Å². The van der Waals surface area contributed by atoms with Crippen LogP contribution in [0.4, 0.5) is 14.5 Å². The highest BCUT2D eigenvalue weighted by Gasteiger charge is 2.11. The van der Waals surface area contributed by atoms with Crippen LogP contribution in [-0.4, -0.2) is 17.9 Å². The number of halogens is 2. The molecule has 0 saturated carbocycles. The van der Waals surface area contributed by atoms with Crippen LogP contribution < -0.4 is 10.6 Å². The van der Waals surface area contributed by atoms with E-state index in [0.717, 1.165) is 12.1 Å². The minimum absolute atomic E-state index is 0.0128. The van der Waals surface area contributed by atoms with E-state index in [0.29, 0.717) is 11.1 Å². The van der Waals surface area contributed by atoms with Gasteiger partial charge in [0.25, 0.3) is 11.8 Å². The van der Waals surface area contributed by atoms with E-state index >= 15 is 0 Å². The number of carbonyl (C=O) groups is 2. The van der Waals surface area contributed by atoms with Gasteiger partial charge in [-0.15, -0.1) is 0 Å². The number of hydrogen-bond donors (Lipinski definition) is 2. The number of hydrogen-bond acceptors (Lipinski definition) is 2. The highest BCUT2D eigenvalue weighted by atomic mass is 19.2. The highest BCUT2D eigenvalue weighted by molar-refractivity contribution is 6.05. The third kappa shape index (κ3) is 4.35. The SMILES string of the molecule is CC(C)NC(=O)c1ccc(C(=O)Nc2ccc(F)c(F)c2)cc1. The Bertz CT molecular complexity index is 728. The Kier molecular flexibility index (Phi) is 5.05. The van der Waals surface area contributed by atoms with E-state index in [1.54, 1.807) is 0 Å². The van der Waals surface area contributed by atoms with E-state index in [9.17, 15) is 18.4 Å². The van der Waals surface area contributed by atoms with Crippen LogP contribution in [0.25, 0.3) is 0 Å².